The van der Waals surface area contributed by atoms with Gasteiger partial charge in [0.15, 0.2) is 0 Å². The van der Waals surface area contributed by atoms with Gasteiger partial charge in [-0.2, -0.15) is 0 Å². The Balaban J connectivity index is 1.76. The van der Waals surface area contributed by atoms with Gasteiger partial charge in [0.25, 0.3) is 0 Å². The quantitative estimate of drug-likeness (QED) is 0.791. The van der Waals surface area contributed by atoms with Gasteiger partial charge in [0.05, 0.1) is 0 Å². The summed E-state index contributed by atoms with van der Waals surface area (Å²) in [5, 5.41) is 3.47. The fraction of sp³-hybridized carbons (Fsp3) is 0.538. The van der Waals surface area contributed by atoms with Crippen molar-refractivity contribution in [2.75, 3.05) is 25.5 Å². The predicted octanol–water partition coefficient (Wildman–Crippen LogP) is 2.09. The molecule has 1 aliphatic heterocycles. The van der Waals surface area contributed by atoms with E-state index in [9.17, 15) is 0 Å². The van der Waals surface area contributed by atoms with Crippen molar-refractivity contribution in [2.45, 2.75) is 19.0 Å². The molecule has 0 aliphatic carbocycles. The van der Waals surface area contributed by atoms with Gasteiger partial charge in [-0.05, 0) is 12.0 Å². The first-order chi connectivity index (χ1) is 7.88. The van der Waals surface area contributed by atoms with Crippen LogP contribution in [0.25, 0.3) is 0 Å². The molecule has 1 saturated heterocycles. The Hall–Kier alpha value is -0.570. The average molecular weight is 239 g/mol. The average Bonchev–Trinajstić information content (AvgIpc) is 2.75. The minimum Gasteiger partial charge on any atom is -0.311 e. The van der Waals surface area contributed by atoms with E-state index in [1.54, 1.807) is 0 Å². The molecule has 1 heterocycles. The van der Waals surface area contributed by atoms with Crippen LogP contribution in [0.5, 0.6) is 0 Å². The lowest BCUT2D eigenvalue weighted by Gasteiger charge is -2.16. The van der Waals surface area contributed by atoms with E-state index in [1.807, 2.05) is 0 Å². The highest BCUT2D eigenvalue weighted by atomic mass is 35.5. The van der Waals surface area contributed by atoms with Gasteiger partial charge in [-0.15, -0.1) is 11.6 Å². The topological polar surface area (TPSA) is 15.3 Å². The van der Waals surface area contributed by atoms with E-state index in [0.29, 0.717) is 11.9 Å². The van der Waals surface area contributed by atoms with Crippen LogP contribution in [-0.2, 0) is 6.54 Å². The molecule has 1 N–H and O–H groups in total. The van der Waals surface area contributed by atoms with Crippen molar-refractivity contribution in [1.82, 2.24) is 10.2 Å². The highest BCUT2D eigenvalue weighted by molar-refractivity contribution is 6.18. The van der Waals surface area contributed by atoms with Gasteiger partial charge < -0.3 is 5.32 Å². The highest BCUT2D eigenvalue weighted by Crippen LogP contribution is 2.13. The van der Waals surface area contributed by atoms with E-state index in [4.69, 9.17) is 11.6 Å². The molecule has 1 aliphatic rings. The second kappa shape index (κ2) is 6.24. The van der Waals surface area contributed by atoms with Gasteiger partial charge in [0.1, 0.15) is 0 Å². The first-order valence-electron chi connectivity index (χ1n) is 5.94. The number of nitrogens with one attached hydrogen (secondary N) is 1. The van der Waals surface area contributed by atoms with E-state index >= 15 is 0 Å². The van der Waals surface area contributed by atoms with Crippen LogP contribution in [0.15, 0.2) is 30.3 Å². The van der Waals surface area contributed by atoms with E-state index in [-0.39, 0.29) is 0 Å². The van der Waals surface area contributed by atoms with Crippen molar-refractivity contribution < 1.29 is 0 Å². The molecule has 1 atom stereocenters. The van der Waals surface area contributed by atoms with Crippen molar-refractivity contribution in [1.29, 1.82) is 0 Å². The Morgan fingerprint density at radius 3 is 2.88 bits per heavy atom. The summed E-state index contributed by atoms with van der Waals surface area (Å²) in [5.74, 6) is 0.704. The van der Waals surface area contributed by atoms with E-state index < -0.39 is 0 Å². The Kier molecular flexibility index (Phi) is 4.64. The monoisotopic (exact) mass is 238 g/mol. The lowest BCUT2D eigenvalue weighted by atomic mass is 10.2. The molecule has 0 saturated carbocycles. The van der Waals surface area contributed by atoms with Crippen molar-refractivity contribution in [3.8, 4) is 0 Å². The lowest BCUT2D eigenvalue weighted by molar-refractivity contribution is 0.321. The molecule has 0 amide bonds. The van der Waals surface area contributed by atoms with Gasteiger partial charge in [0, 0.05) is 38.1 Å². The van der Waals surface area contributed by atoms with Crippen molar-refractivity contribution in [3.05, 3.63) is 35.9 Å². The predicted molar refractivity (Wildman–Crippen MR) is 68.8 cm³/mol. The molecule has 0 spiro atoms. The van der Waals surface area contributed by atoms with Gasteiger partial charge in [0.2, 0.25) is 0 Å². The third-order valence-electron chi connectivity index (χ3n) is 3.05. The summed E-state index contributed by atoms with van der Waals surface area (Å²) in [5.41, 5.74) is 1.40. The summed E-state index contributed by atoms with van der Waals surface area (Å²) in [6, 6.07) is 11.3. The van der Waals surface area contributed by atoms with Crippen LogP contribution in [0.4, 0.5) is 0 Å². The number of nitrogens with zero attached hydrogens (tertiary/aromatic N) is 1. The SMILES string of the molecule is ClCCNC1CCN(Cc2ccccc2)C1. The van der Waals surface area contributed by atoms with Crippen LogP contribution in [0, 0.1) is 0 Å². The summed E-state index contributed by atoms with van der Waals surface area (Å²) in [6.45, 7) is 4.33. The maximum atomic E-state index is 5.67. The molecule has 2 nitrogen and oxygen atoms in total. The summed E-state index contributed by atoms with van der Waals surface area (Å²) in [4.78, 5) is 2.50. The summed E-state index contributed by atoms with van der Waals surface area (Å²) >= 11 is 5.67. The molecule has 0 radical (unpaired) electrons. The third-order valence-corrected chi connectivity index (χ3v) is 3.24. The number of hydrogen-bond donors (Lipinski definition) is 1. The molecule has 1 aromatic rings. The largest absolute Gasteiger partial charge is 0.311 e. The molecule has 3 heteroatoms. The normalized spacial score (nSPS) is 21.4. The molecule has 0 aromatic heterocycles. The Bertz CT molecular complexity index is 302. The molecule has 1 fully saturated rings. The molecular formula is C13H19ClN2. The minimum absolute atomic E-state index is 0.627. The van der Waals surface area contributed by atoms with E-state index in [2.05, 4.69) is 40.5 Å². The zero-order valence-corrected chi connectivity index (χ0v) is 10.3. The van der Waals surface area contributed by atoms with Crippen LogP contribution < -0.4 is 5.32 Å². The van der Waals surface area contributed by atoms with E-state index in [0.717, 1.165) is 19.6 Å². The Morgan fingerprint density at radius 2 is 2.12 bits per heavy atom. The molecule has 16 heavy (non-hydrogen) atoms. The fourth-order valence-corrected chi connectivity index (χ4v) is 2.35. The van der Waals surface area contributed by atoms with Gasteiger partial charge in [-0.3, -0.25) is 4.90 Å². The lowest BCUT2D eigenvalue weighted by Crippen LogP contribution is -2.33. The molecule has 88 valence electrons. The van der Waals surface area contributed by atoms with E-state index in [1.165, 1.54) is 18.5 Å². The fourth-order valence-electron chi connectivity index (χ4n) is 2.24. The third kappa shape index (κ3) is 3.48. The van der Waals surface area contributed by atoms with Gasteiger partial charge >= 0.3 is 0 Å². The van der Waals surface area contributed by atoms with Crippen LogP contribution in [0.2, 0.25) is 0 Å². The molecule has 1 aromatic carbocycles. The van der Waals surface area contributed by atoms with Crippen LogP contribution >= 0.6 is 11.6 Å². The first kappa shape index (κ1) is 11.9. The van der Waals surface area contributed by atoms with Crippen LogP contribution in [-0.4, -0.2) is 36.5 Å². The zero-order chi connectivity index (χ0) is 11.2. The number of rotatable bonds is 5. The van der Waals surface area contributed by atoms with Crippen LogP contribution in [0.3, 0.4) is 0 Å². The zero-order valence-electron chi connectivity index (χ0n) is 9.53. The number of benzene rings is 1. The van der Waals surface area contributed by atoms with Gasteiger partial charge in [-0.25, -0.2) is 0 Å². The molecular weight excluding hydrogens is 220 g/mol. The van der Waals surface area contributed by atoms with Crippen molar-refractivity contribution in [2.24, 2.45) is 0 Å². The molecule has 1 unspecified atom stereocenters. The highest BCUT2D eigenvalue weighted by Gasteiger charge is 2.21. The second-order valence-electron chi connectivity index (χ2n) is 4.35. The number of alkyl halides is 1. The maximum Gasteiger partial charge on any atom is 0.0348 e. The minimum atomic E-state index is 0.627. The van der Waals surface area contributed by atoms with Crippen LogP contribution in [0.1, 0.15) is 12.0 Å². The Morgan fingerprint density at radius 1 is 1.31 bits per heavy atom. The first-order valence-corrected chi connectivity index (χ1v) is 6.47. The summed E-state index contributed by atoms with van der Waals surface area (Å²) in [7, 11) is 0. The van der Waals surface area contributed by atoms with Crippen molar-refractivity contribution in [3.63, 3.8) is 0 Å². The number of halogens is 1. The smallest absolute Gasteiger partial charge is 0.0348 e. The summed E-state index contributed by atoms with van der Waals surface area (Å²) in [6.07, 6.45) is 1.24. The summed E-state index contributed by atoms with van der Waals surface area (Å²) < 4.78 is 0. The molecule has 2 rings (SSSR count). The second-order valence-corrected chi connectivity index (χ2v) is 4.73. The maximum absolute atomic E-state index is 5.67. The Labute approximate surface area is 103 Å². The molecule has 0 bridgehead atoms. The standard InChI is InChI=1S/C13H19ClN2/c14-7-8-15-13-6-9-16(11-13)10-12-4-2-1-3-5-12/h1-5,13,15H,6-11H2. The number of hydrogen-bond acceptors (Lipinski definition) is 2. The number of likely N-dealkylation sites (tertiary alicyclic amines) is 1. The van der Waals surface area contributed by atoms with Gasteiger partial charge in [-0.1, -0.05) is 30.3 Å². The van der Waals surface area contributed by atoms with Crippen molar-refractivity contribution >= 4 is 11.6 Å².